The Labute approximate surface area is 159 Å². The van der Waals surface area contributed by atoms with Crippen LogP contribution >= 0.6 is 0 Å². The monoisotopic (exact) mass is 389 g/mol. The van der Waals surface area contributed by atoms with Crippen molar-refractivity contribution in [2.75, 3.05) is 6.61 Å². The largest absolute Gasteiger partial charge is 0.484 e. The lowest BCUT2D eigenvalue weighted by Gasteiger charge is -2.10. The fraction of sp³-hybridized carbons (Fsp3) is 0.200. The summed E-state index contributed by atoms with van der Waals surface area (Å²) in [7, 11) is 0. The van der Waals surface area contributed by atoms with E-state index in [1.807, 2.05) is 25.1 Å². The van der Waals surface area contributed by atoms with Crippen molar-refractivity contribution in [3.63, 3.8) is 0 Å². The van der Waals surface area contributed by atoms with Gasteiger partial charge in [0.2, 0.25) is 0 Å². The van der Waals surface area contributed by atoms with Crippen molar-refractivity contribution in [1.29, 1.82) is 0 Å². The first-order valence-corrected chi connectivity index (χ1v) is 8.49. The second kappa shape index (κ2) is 8.16. The van der Waals surface area contributed by atoms with Gasteiger partial charge in [-0.1, -0.05) is 12.1 Å². The predicted octanol–water partition coefficient (Wildman–Crippen LogP) is 4.05. The highest BCUT2D eigenvalue weighted by Crippen LogP contribution is 2.19. The van der Waals surface area contributed by atoms with Crippen LogP contribution in [0.25, 0.3) is 5.69 Å². The Balaban J connectivity index is 1.54. The van der Waals surface area contributed by atoms with E-state index in [2.05, 4.69) is 15.2 Å². The van der Waals surface area contributed by atoms with Gasteiger partial charge in [0.05, 0.1) is 5.69 Å². The fourth-order valence-electron chi connectivity index (χ4n) is 2.55. The third kappa shape index (κ3) is 5.12. The van der Waals surface area contributed by atoms with Crippen molar-refractivity contribution < 1.29 is 22.7 Å². The van der Waals surface area contributed by atoms with E-state index in [-0.39, 0.29) is 18.2 Å². The molecular formula is C20H18F3N3O2. The van der Waals surface area contributed by atoms with Gasteiger partial charge in [-0.3, -0.25) is 4.79 Å². The highest BCUT2D eigenvalue weighted by atomic mass is 19.4. The number of ether oxygens (including phenoxy) is 1. The van der Waals surface area contributed by atoms with E-state index in [1.54, 1.807) is 35.1 Å². The van der Waals surface area contributed by atoms with Crippen LogP contribution in [0.1, 0.15) is 21.6 Å². The molecule has 1 aromatic heterocycles. The third-order valence-electron chi connectivity index (χ3n) is 3.98. The van der Waals surface area contributed by atoms with E-state index in [0.717, 1.165) is 16.9 Å². The Bertz CT molecular complexity index is 933. The Morgan fingerprint density at radius 2 is 1.75 bits per heavy atom. The van der Waals surface area contributed by atoms with Crippen molar-refractivity contribution in [3.05, 3.63) is 77.6 Å². The average Bonchev–Trinajstić information content (AvgIpc) is 3.11. The SMILES string of the molecule is Cc1ccnn1-c1ccc(C(=O)NCc2ccc(OCC(F)(F)F)cc2)cc1. The number of amides is 1. The zero-order chi connectivity index (χ0) is 20.1. The van der Waals surface area contributed by atoms with Crippen molar-refractivity contribution in [2.45, 2.75) is 19.6 Å². The van der Waals surface area contributed by atoms with Gasteiger partial charge in [-0.25, -0.2) is 4.68 Å². The average molecular weight is 389 g/mol. The summed E-state index contributed by atoms with van der Waals surface area (Å²) in [4.78, 5) is 12.3. The van der Waals surface area contributed by atoms with Gasteiger partial charge >= 0.3 is 6.18 Å². The summed E-state index contributed by atoms with van der Waals surface area (Å²) in [5.41, 5.74) is 3.09. The van der Waals surface area contributed by atoms with Crippen LogP contribution in [0.2, 0.25) is 0 Å². The van der Waals surface area contributed by atoms with Crippen LogP contribution in [-0.2, 0) is 6.54 Å². The Morgan fingerprint density at radius 1 is 1.07 bits per heavy atom. The predicted molar refractivity (Wildman–Crippen MR) is 97.5 cm³/mol. The summed E-state index contributed by atoms with van der Waals surface area (Å²) in [6.45, 7) is 0.850. The number of alkyl halides is 3. The van der Waals surface area contributed by atoms with Crippen molar-refractivity contribution >= 4 is 5.91 Å². The van der Waals surface area contributed by atoms with Crippen molar-refractivity contribution in [2.24, 2.45) is 0 Å². The molecule has 0 aliphatic carbocycles. The molecule has 3 rings (SSSR count). The highest BCUT2D eigenvalue weighted by molar-refractivity contribution is 5.94. The first kappa shape index (κ1) is 19.5. The Kier molecular flexibility index (Phi) is 5.67. The standard InChI is InChI=1S/C20H18F3N3O2/c1-14-10-11-25-26(14)17-6-4-16(5-7-17)19(27)24-12-15-2-8-18(9-3-15)28-13-20(21,22)23/h2-11H,12-13H2,1H3,(H,24,27). The molecule has 5 nitrogen and oxygen atoms in total. The molecule has 3 aromatic rings. The molecule has 0 saturated heterocycles. The zero-order valence-electron chi connectivity index (χ0n) is 15.0. The topological polar surface area (TPSA) is 56.2 Å². The summed E-state index contributed by atoms with van der Waals surface area (Å²) in [6, 6.07) is 15.0. The number of carbonyl (C=O) groups excluding carboxylic acids is 1. The lowest BCUT2D eigenvalue weighted by atomic mass is 10.1. The van der Waals surface area contributed by atoms with Crippen molar-refractivity contribution in [3.8, 4) is 11.4 Å². The maximum absolute atomic E-state index is 12.3. The minimum atomic E-state index is -4.38. The molecular weight excluding hydrogens is 371 g/mol. The number of rotatable bonds is 6. The van der Waals surface area contributed by atoms with Crippen LogP contribution in [0, 0.1) is 6.92 Å². The molecule has 146 valence electrons. The van der Waals surface area contributed by atoms with Gasteiger partial charge in [0.1, 0.15) is 5.75 Å². The first-order valence-electron chi connectivity index (χ1n) is 8.49. The van der Waals surface area contributed by atoms with Crippen LogP contribution in [0.4, 0.5) is 13.2 Å². The zero-order valence-corrected chi connectivity index (χ0v) is 15.0. The molecule has 0 spiro atoms. The maximum Gasteiger partial charge on any atom is 0.422 e. The number of benzene rings is 2. The minimum absolute atomic E-state index is 0.122. The quantitative estimate of drug-likeness (QED) is 0.692. The minimum Gasteiger partial charge on any atom is -0.484 e. The molecule has 0 bridgehead atoms. The van der Waals surface area contributed by atoms with Crippen LogP contribution in [-0.4, -0.2) is 28.5 Å². The molecule has 1 N–H and O–H groups in total. The number of nitrogens with one attached hydrogen (secondary N) is 1. The Morgan fingerprint density at radius 3 is 2.32 bits per heavy atom. The maximum atomic E-state index is 12.3. The molecule has 0 fully saturated rings. The van der Waals surface area contributed by atoms with Gasteiger partial charge in [-0.2, -0.15) is 18.3 Å². The normalized spacial score (nSPS) is 11.3. The molecule has 0 atom stereocenters. The molecule has 0 aliphatic heterocycles. The molecule has 1 heterocycles. The number of halogens is 3. The van der Waals surface area contributed by atoms with Gasteiger partial charge < -0.3 is 10.1 Å². The number of aryl methyl sites for hydroxylation is 1. The van der Waals surface area contributed by atoms with Gasteiger partial charge in [-0.15, -0.1) is 0 Å². The summed E-state index contributed by atoms with van der Waals surface area (Å²) >= 11 is 0. The number of aromatic nitrogens is 2. The first-order chi connectivity index (χ1) is 13.3. The van der Waals surface area contributed by atoms with Gasteiger partial charge in [0.25, 0.3) is 5.91 Å². The van der Waals surface area contributed by atoms with Gasteiger partial charge in [0.15, 0.2) is 6.61 Å². The van der Waals surface area contributed by atoms with Crippen molar-refractivity contribution in [1.82, 2.24) is 15.1 Å². The summed E-state index contributed by atoms with van der Waals surface area (Å²) in [6.07, 6.45) is -2.67. The summed E-state index contributed by atoms with van der Waals surface area (Å²) < 4.78 is 42.8. The van der Waals surface area contributed by atoms with E-state index in [9.17, 15) is 18.0 Å². The number of carbonyl (C=O) groups is 1. The molecule has 28 heavy (non-hydrogen) atoms. The van der Waals surface area contributed by atoms with Crippen LogP contribution in [0.5, 0.6) is 5.75 Å². The third-order valence-corrected chi connectivity index (χ3v) is 3.98. The van der Waals surface area contributed by atoms with E-state index in [1.165, 1.54) is 12.1 Å². The summed E-state index contributed by atoms with van der Waals surface area (Å²) in [5.74, 6) is -0.127. The van der Waals surface area contributed by atoms with E-state index in [0.29, 0.717) is 5.56 Å². The molecule has 0 radical (unpaired) electrons. The second-order valence-electron chi connectivity index (χ2n) is 6.16. The molecule has 8 heteroatoms. The molecule has 0 aliphatic rings. The lowest BCUT2D eigenvalue weighted by molar-refractivity contribution is -0.153. The van der Waals surface area contributed by atoms with Crippen LogP contribution in [0.3, 0.4) is 0 Å². The summed E-state index contributed by atoms with van der Waals surface area (Å²) in [5, 5.41) is 6.99. The molecule has 1 amide bonds. The van der Waals surface area contributed by atoms with E-state index in [4.69, 9.17) is 0 Å². The van der Waals surface area contributed by atoms with Gasteiger partial charge in [0, 0.05) is 24.0 Å². The number of hydrogen-bond acceptors (Lipinski definition) is 3. The Hall–Kier alpha value is -3.29. The van der Waals surface area contributed by atoms with Gasteiger partial charge in [-0.05, 0) is 55.0 Å². The highest BCUT2D eigenvalue weighted by Gasteiger charge is 2.28. The molecule has 2 aromatic carbocycles. The second-order valence-corrected chi connectivity index (χ2v) is 6.16. The van der Waals surface area contributed by atoms with E-state index >= 15 is 0 Å². The lowest BCUT2D eigenvalue weighted by Crippen LogP contribution is -2.22. The molecule has 0 saturated carbocycles. The smallest absolute Gasteiger partial charge is 0.422 e. The fourth-order valence-corrected chi connectivity index (χ4v) is 2.55. The van der Waals surface area contributed by atoms with Crippen LogP contribution < -0.4 is 10.1 Å². The van der Waals surface area contributed by atoms with E-state index < -0.39 is 12.8 Å². The number of hydrogen-bond donors (Lipinski definition) is 1. The number of nitrogens with zero attached hydrogens (tertiary/aromatic N) is 2. The molecule has 0 unspecified atom stereocenters. The van der Waals surface area contributed by atoms with Crippen LogP contribution in [0.15, 0.2) is 60.8 Å².